The van der Waals surface area contributed by atoms with Crippen molar-refractivity contribution in [3.8, 4) is 0 Å². The Morgan fingerprint density at radius 3 is 2.25 bits per heavy atom. The van der Waals surface area contributed by atoms with E-state index < -0.39 is 0 Å². The van der Waals surface area contributed by atoms with Crippen LogP contribution < -0.4 is 3.95 Å². The van der Waals surface area contributed by atoms with Crippen LogP contribution in [0.5, 0.6) is 0 Å². The minimum atomic E-state index is 1.17. The Labute approximate surface area is 68.3 Å². The Kier molecular flexibility index (Phi) is 2.27. The molecule has 1 aromatic carbocycles. The molecule has 0 N–H and O–H groups in total. The molecule has 45 valence electrons. The van der Waals surface area contributed by atoms with Gasteiger partial charge in [-0.25, -0.2) is 0 Å². The molecule has 0 unspecified atom stereocenters. The Morgan fingerprint density at radius 1 is 1.25 bits per heavy atom. The summed E-state index contributed by atoms with van der Waals surface area (Å²) in [5.74, 6) is 0. The van der Waals surface area contributed by atoms with Gasteiger partial charge in [0, 0.05) is 0 Å². The molecular formula is C6H4BrPt. The molecule has 0 atom stereocenters. The summed E-state index contributed by atoms with van der Waals surface area (Å²) in [6.45, 7) is 0. The molecule has 8 heavy (non-hydrogen) atoms. The fraction of sp³-hybridized carbons (Fsp3) is 0. The molecule has 0 aliphatic rings. The molecular weight excluding hydrogens is 347 g/mol. The van der Waals surface area contributed by atoms with Gasteiger partial charge in [-0.15, -0.1) is 0 Å². The van der Waals surface area contributed by atoms with Gasteiger partial charge < -0.3 is 0 Å². The molecule has 0 amide bonds. The maximum atomic E-state index is 3.39. The number of halogens is 1. The summed E-state index contributed by atoms with van der Waals surface area (Å²) in [6, 6.07) is 8.12. The number of rotatable bonds is 0. The van der Waals surface area contributed by atoms with Gasteiger partial charge in [0.25, 0.3) is 0 Å². The van der Waals surface area contributed by atoms with Crippen molar-refractivity contribution in [3.05, 3.63) is 28.7 Å². The van der Waals surface area contributed by atoms with Crippen LogP contribution in [0.2, 0.25) is 0 Å². The van der Waals surface area contributed by atoms with Crippen molar-refractivity contribution in [3.63, 3.8) is 0 Å². The van der Waals surface area contributed by atoms with E-state index in [2.05, 4.69) is 41.8 Å². The van der Waals surface area contributed by atoms with Crippen LogP contribution in [0, 0.1) is 0 Å². The monoisotopic (exact) mass is 350 g/mol. The molecule has 2 heteroatoms. The molecule has 1 rings (SSSR count). The van der Waals surface area contributed by atoms with Crippen molar-refractivity contribution >= 4 is 19.9 Å². The summed E-state index contributed by atoms with van der Waals surface area (Å²) >= 11 is 5.65. The standard InChI is InChI=1S/C6H4Br.Pt/c7-6-4-2-1-3-5-6;/h1-4H;. The fourth-order valence-electron chi connectivity index (χ4n) is 0.428. The normalized spacial score (nSPS) is 9.38. The van der Waals surface area contributed by atoms with Gasteiger partial charge in [0.15, 0.2) is 0 Å². The van der Waals surface area contributed by atoms with Gasteiger partial charge in [-0.1, -0.05) is 0 Å². The maximum absolute atomic E-state index is 3.39. The van der Waals surface area contributed by atoms with E-state index in [0.29, 0.717) is 0 Å². The van der Waals surface area contributed by atoms with Gasteiger partial charge in [0.05, 0.1) is 0 Å². The molecule has 0 nitrogen and oxygen atoms in total. The Hall–Kier alpha value is 0.388. The summed E-state index contributed by atoms with van der Waals surface area (Å²) in [5.41, 5.74) is 0. The van der Waals surface area contributed by atoms with Crippen LogP contribution in [0.3, 0.4) is 0 Å². The van der Waals surface area contributed by atoms with Gasteiger partial charge in [-0.2, -0.15) is 0 Å². The zero-order valence-corrected chi connectivity index (χ0v) is 7.86. The zero-order valence-electron chi connectivity index (χ0n) is 4.00. The Balaban J connectivity index is 3.13. The third-order valence-electron chi connectivity index (χ3n) is 0.799. The molecule has 0 radical (unpaired) electrons. The molecule has 0 aliphatic carbocycles. The molecule has 0 heterocycles. The van der Waals surface area contributed by atoms with Gasteiger partial charge in [-0.3, -0.25) is 0 Å². The first kappa shape index (κ1) is 6.51. The van der Waals surface area contributed by atoms with E-state index in [4.69, 9.17) is 0 Å². The van der Waals surface area contributed by atoms with Crippen molar-refractivity contribution in [2.24, 2.45) is 0 Å². The van der Waals surface area contributed by atoms with Crippen LogP contribution in [0.4, 0.5) is 0 Å². The van der Waals surface area contributed by atoms with Gasteiger partial charge in [0.2, 0.25) is 0 Å². The molecule has 0 fully saturated rings. The first-order chi connectivity index (χ1) is 3.80. The quantitative estimate of drug-likeness (QED) is 0.667. The molecule has 0 aliphatic heterocycles. The topological polar surface area (TPSA) is 0 Å². The summed E-state index contributed by atoms with van der Waals surface area (Å²) in [5, 5.41) is 0. The van der Waals surface area contributed by atoms with E-state index in [-0.39, 0.29) is 0 Å². The second kappa shape index (κ2) is 2.79. The number of benzene rings is 1. The van der Waals surface area contributed by atoms with Crippen molar-refractivity contribution < 1.29 is 19.8 Å². The van der Waals surface area contributed by atoms with Crippen LogP contribution in [0.15, 0.2) is 28.7 Å². The second-order valence-corrected chi connectivity index (χ2v) is 3.46. The molecule has 0 bridgehead atoms. The van der Waals surface area contributed by atoms with E-state index in [1.165, 1.54) is 8.43 Å². The third kappa shape index (κ3) is 1.43. The van der Waals surface area contributed by atoms with E-state index in [1.807, 2.05) is 18.2 Å². The van der Waals surface area contributed by atoms with E-state index in [9.17, 15) is 0 Å². The van der Waals surface area contributed by atoms with E-state index >= 15 is 0 Å². The first-order valence-electron chi connectivity index (χ1n) is 2.17. The predicted molar refractivity (Wildman–Crippen MR) is 33.8 cm³/mol. The van der Waals surface area contributed by atoms with Crippen molar-refractivity contribution in [1.82, 2.24) is 0 Å². The third-order valence-corrected chi connectivity index (χ3v) is 3.24. The van der Waals surface area contributed by atoms with Crippen LogP contribution in [-0.2, 0) is 19.8 Å². The summed E-state index contributed by atoms with van der Waals surface area (Å²) in [4.78, 5) is 0. The van der Waals surface area contributed by atoms with E-state index in [1.54, 1.807) is 0 Å². The molecule has 1 aromatic rings. The number of hydrogen-bond donors (Lipinski definition) is 0. The van der Waals surface area contributed by atoms with Crippen LogP contribution in [0.25, 0.3) is 0 Å². The zero-order chi connectivity index (χ0) is 5.98. The number of hydrogen-bond acceptors (Lipinski definition) is 0. The van der Waals surface area contributed by atoms with Gasteiger partial charge >= 0.3 is 68.4 Å². The first-order valence-corrected chi connectivity index (χ1v) is 4.10. The predicted octanol–water partition coefficient (Wildman–Crippen LogP) is 1.62. The summed E-state index contributed by atoms with van der Waals surface area (Å²) in [6.07, 6.45) is 0. The van der Waals surface area contributed by atoms with Crippen molar-refractivity contribution in [2.75, 3.05) is 0 Å². The van der Waals surface area contributed by atoms with Crippen LogP contribution >= 0.6 is 15.9 Å². The fourth-order valence-corrected chi connectivity index (χ4v) is 1.12. The van der Waals surface area contributed by atoms with Crippen LogP contribution in [0.1, 0.15) is 0 Å². The average molecular weight is 351 g/mol. The molecule has 0 spiro atoms. The SMILES string of the molecule is Brc1cccc[c]1[Pt]. The summed E-state index contributed by atoms with van der Waals surface area (Å²) in [7, 11) is 0. The Bertz CT molecular complexity index is 165. The van der Waals surface area contributed by atoms with Crippen molar-refractivity contribution in [2.45, 2.75) is 0 Å². The minimum absolute atomic E-state index is 1.17. The van der Waals surface area contributed by atoms with Gasteiger partial charge in [0.1, 0.15) is 0 Å². The second-order valence-electron chi connectivity index (χ2n) is 1.38. The molecule has 0 saturated heterocycles. The van der Waals surface area contributed by atoms with Crippen molar-refractivity contribution in [1.29, 1.82) is 0 Å². The van der Waals surface area contributed by atoms with Gasteiger partial charge in [-0.05, 0) is 0 Å². The molecule has 0 aromatic heterocycles. The summed E-state index contributed by atoms with van der Waals surface area (Å²) < 4.78 is 2.43. The Morgan fingerprint density at radius 2 is 1.88 bits per heavy atom. The van der Waals surface area contributed by atoms with Crippen LogP contribution in [-0.4, -0.2) is 0 Å². The average Bonchev–Trinajstić information content (AvgIpc) is 1.77. The molecule has 0 saturated carbocycles. The van der Waals surface area contributed by atoms with E-state index in [0.717, 1.165) is 0 Å².